The first-order chi connectivity index (χ1) is 15.4. The van der Waals surface area contributed by atoms with E-state index in [1.807, 2.05) is 20.5 Å². The number of rotatable bonds is 13. The van der Waals surface area contributed by atoms with Crippen LogP contribution in [0.5, 0.6) is 0 Å². The molecule has 0 bridgehead atoms. The quantitative estimate of drug-likeness (QED) is 0.127. The number of carbonyl (C=O) groups is 2. The molecule has 9 unspecified atom stereocenters. The molecule has 1 fully saturated rings. The lowest BCUT2D eigenvalue weighted by molar-refractivity contribution is -0.199. The van der Waals surface area contributed by atoms with Crippen LogP contribution in [0.2, 0.25) is 0 Å². The highest BCUT2D eigenvalue weighted by atomic mass is 31.1. The number of carbonyl (C=O) groups excluding carboxylic acids is 2. The Balaban J connectivity index is 2.61. The smallest absolute Gasteiger partial charge is 0.323 e. The van der Waals surface area contributed by atoms with Crippen molar-refractivity contribution in [1.29, 1.82) is 0 Å². The highest BCUT2D eigenvalue weighted by Crippen LogP contribution is 2.25. The molecule has 1 saturated heterocycles. The molecule has 11 nitrogen and oxygen atoms in total. The van der Waals surface area contributed by atoms with Crippen LogP contribution in [0.3, 0.4) is 0 Å². The van der Waals surface area contributed by atoms with Gasteiger partial charge in [-0.3, -0.25) is 9.59 Å². The van der Waals surface area contributed by atoms with Crippen molar-refractivity contribution in [2.45, 2.75) is 88.0 Å². The van der Waals surface area contributed by atoms with E-state index in [9.17, 15) is 35.1 Å². The average Bonchev–Trinajstić information content (AvgIpc) is 2.77. The maximum Gasteiger partial charge on any atom is 0.323 e. The minimum atomic E-state index is -1.62. The lowest BCUT2D eigenvalue weighted by Crippen LogP contribution is -2.52. The molecule has 1 aliphatic heterocycles. The molecule has 10 atom stereocenters. The number of aliphatic hydroxyl groups is 5. The van der Waals surface area contributed by atoms with Crippen LogP contribution < -0.4 is 5.32 Å². The first kappa shape index (κ1) is 30.1. The highest BCUT2D eigenvalue weighted by Gasteiger charge is 2.40. The summed E-state index contributed by atoms with van der Waals surface area (Å²) in [7, 11) is 1.96. The van der Waals surface area contributed by atoms with Crippen molar-refractivity contribution in [2.75, 3.05) is 26.9 Å². The van der Waals surface area contributed by atoms with Crippen LogP contribution in [-0.4, -0.2) is 119 Å². The molecule has 0 spiro atoms. The van der Waals surface area contributed by atoms with Gasteiger partial charge in [-0.2, -0.15) is 0 Å². The molecule has 1 rings (SSSR count). The minimum absolute atomic E-state index is 0.0222. The molecule has 194 valence electrons. The first-order valence-corrected chi connectivity index (χ1v) is 12.7. The van der Waals surface area contributed by atoms with Crippen LogP contribution in [0.15, 0.2) is 0 Å². The second kappa shape index (κ2) is 14.5. The molecular weight excluding hydrogens is 457 g/mol. The minimum Gasteiger partial charge on any atom is -0.462 e. The van der Waals surface area contributed by atoms with E-state index in [0.717, 1.165) is 0 Å². The van der Waals surface area contributed by atoms with Crippen molar-refractivity contribution in [1.82, 2.24) is 5.32 Å². The number of hydrogen-bond acceptors (Lipinski definition) is 11. The van der Waals surface area contributed by atoms with Crippen LogP contribution >= 0.6 is 8.58 Å². The Hall–Kier alpha value is -0.910. The van der Waals surface area contributed by atoms with Crippen molar-refractivity contribution in [3.05, 3.63) is 0 Å². The first-order valence-electron chi connectivity index (χ1n) is 11.2. The van der Waals surface area contributed by atoms with Gasteiger partial charge in [0.25, 0.3) is 0 Å². The molecule has 0 aromatic carbocycles. The van der Waals surface area contributed by atoms with Crippen LogP contribution in [0.1, 0.15) is 33.6 Å². The molecule has 0 radical (unpaired) electrons. The molecule has 0 amide bonds. The van der Waals surface area contributed by atoms with E-state index in [1.165, 1.54) is 0 Å². The maximum atomic E-state index is 12.2. The predicted molar refractivity (Wildman–Crippen MR) is 121 cm³/mol. The molecule has 6 N–H and O–H groups in total. The van der Waals surface area contributed by atoms with E-state index in [4.69, 9.17) is 14.2 Å². The van der Waals surface area contributed by atoms with Crippen molar-refractivity contribution >= 4 is 20.5 Å². The Bertz CT molecular complexity index is 610. The summed E-state index contributed by atoms with van der Waals surface area (Å²) in [6.45, 7) is 6.45. The summed E-state index contributed by atoms with van der Waals surface area (Å²) in [5, 5.41) is 53.8. The molecule has 12 heteroatoms. The molecule has 0 aromatic rings. The number of likely N-dealkylation sites (N-methyl/N-ethyl adjacent to an activating group) is 1. The van der Waals surface area contributed by atoms with Gasteiger partial charge < -0.3 is 45.1 Å². The normalized spacial score (nSPS) is 28.3. The van der Waals surface area contributed by atoms with Crippen molar-refractivity contribution in [3.8, 4) is 0 Å². The van der Waals surface area contributed by atoms with Crippen molar-refractivity contribution in [2.24, 2.45) is 5.92 Å². The Morgan fingerprint density at radius 1 is 1.09 bits per heavy atom. The third-order valence-electron chi connectivity index (χ3n) is 5.74. The van der Waals surface area contributed by atoms with Crippen molar-refractivity contribution < 1.29 is 49.3 Å². The second-order valence-corrected chi connectivity index (χ2v) is 10.2. The van der Waals surface area contributed by atoms with E-state index < -0.39 is 67.3 Å². The van der Waals surface area contributed by atoms with E-state index in [-0.39, 0.29) is 31.0 Å². The average molecular weight is 498 g/mol. The molecule has 0 aromatic heterocycles. The second-order valence-electron chi connectivity index (χ2n) is 8.73. The molecule has 0 saturated carbocycles. The predicted octanol–water partition coefficient (Wildman–Crippen LogP) is -1.63. The van der Waals surface area contributed by atoms with Gasteiger partial charge in [-0.05, 0) is 26.6 Å². The van der Waals surface area contributed by atoms with Gasteiger partial charge in [-0.1, -0.05) is 13.8 Å². The van der Waals surface area contributed by atoms with Crippen molar-refractivity contribution in [3.63, 3.8) is 0 Å². The summed E-state index contributed by atoms with van der Waals surface area (Å²) in [5.41, 5.74) is -0.322. The molecule has 0 aliphatic carbocycles. The zero-order valence-electron chi connectivity index (χ0n) is 19.9. The van der Waals surface area contributed by atoms with Gasteiger partial charge in [0.05, 0.1) is 24.0 Å². The lowest BCUT2D eigenvalue weighted by Gasteiger charge is -2.38. The number of aliphatic hydroxyl groups excluding tert-OH is 5. The summed E-state index contributed by atoms with van der Waals surface area (Å²) in [6.07, 6.45) is -9.07. The molecule has 1 aliphatic rings. The third kappa shape index (κ3) is 9.33. The lowest BCUT2D eigenvalue weighted by atomic mass is 9.93. The zero-order chi connectivity index (χ0) is 25.3. The SMILES string of the molecule is CNC(C(=O)OCC1OC(C[C@@H](O)C(O)C(O)COC(=O)C(C)PC)CC(O)C1O)C(C)C. The van der Waals surface area contributed by atoms with E-state index >= 15 is 0 Å². The maximum absolute atomic E-state index is 12.2. The van der Waals surface area contributed by atoms with Gasteiger partial charge in [0.1, 0.15) is 43.7 Å². The summed E-state index contributed by atoms with van der Waals surface area (Å²) >= 11 is 0. The Morgan fingerprint density at radius 3 is 2.27 bits per heavy atom. The van der Waals surface area contributed by atoms with Gasteiger partial charge in [0.15, 0.2) is 0 Å². The number of ether oxygens (including phenoxy) is 3. The number of nitrogens with one attached hydrogen (secondary N) is 1. The molecule has 33 heavy (non-hydrogen) atoms. The Labute approximate surface area is 196 Å². The highest BCUT2D eigenvalue weighted by molar-refractivity contribution is 7.39. The summed E-state index contributed by atoms with van der Waals surface area (Å²) in [6, 6.07) is -0.542. The van der Waals surface area contributed by atoms with Gasteiger partial charge in [-0.25, -0.2) is 0 Å². The Kier molecular flexibility index (Phi) is 13.2. The monoisotopic (exact) mass is 497 g/mol. The van der Waals surface area contributed by atoms with E-state index in [2.05, 4.69) is 5.32 Å². The van der Waals surface area contributed by atoms with Gasteiger partial charge in [0.2, 0.25) is 0 Å². The summed E-state index contributed by atoms with van der Waals surface area (Å²) < 4.78 is 15.9. The number of hydrogen-bond donors (Lipinski definition) is 6. The summed E-state index contributed by atoms with van der Waals surface area (Å²) in [4.78, 5) is 23.9. The molecule has 1 heterocycles. The fourth-order valence-electron chi connectivity index (χ4n) is 3.48. The fraction of sp³-hybridized carbons (Fsp3) is 0.905. The molecular formula is C21H40NO10P. The number of esters is 2. The van der Waals surface area contributed by atoms with Gasteiger partial charge >= 0.3 is 11.9 Å². The summed E-state index contributed by atoms with van der Waals surface area (Å²) in [5.74, 6) is -1.04. The van der Waals surface area contributed by atoms with Gasteiger partial charge in [-0.15, -0.1) is 8.58 Å². The third-order valence-corrected chi connectivity index (χ3v) is 6.85. The fourth-order valence-corrected chi connectivity index (χ4v) is 3.80. The standard InChI is InChI=1S/C21H40NO10P/c1-10(2)17(22-4)21(29)31-9-16-19(27)14(24)7-12(32-16)6-13(23)18(26)15(25)8-30-20(28)11(3)33-5/h10-19,22-27,33H,6-9H2,1-5H3/t11?,12?,13-,14?,15?,16?,17?,18?,19?/m1/s1. The largest absolute Gasteiger partial charge is 0.462 e. The van der Waals surface area contributed by atoms with Crippen LogP contribution in [0, 0.1) is 5.92 Å². The van der Waals surface area contributed by atoms with Crippen LogP contribution in [0.25, 0.3) is 0 Å². The van der Waals surface area contributed by atoms with Crippen LogP contribution in [0.4, 0.5) is 0 Å². The Morgan fingerprint density at radius 2 is 1.73 bits per heavy atom. The van der Waals surface area contributed by atoms with Crippen LogP contribution in [-0.2, 0) is 23.8 Å². The van der Waals surface area contributed by atoms with E-state index in [1.54, 1.807) is 14.0 Å². The topological polar surface area (TPSA) is 175 Å². The van der Waals surface area contributed by atoms with E-state index in [0.29, 0.717) is 8.58 Å². The van der Waals surface area contributed by atoms with Gasteiger partial charge in [0, 0.05) is 12.8 Å². The zero-order valence-corrected chi connectivity index (χ0v) is 20.9.